The highest BCUT2D eigenvalue weighted by Crippen LogP contribution is 2.30. The van der Waals surface area contributed by atoms with Gasteiger partial charge in [-0.15, -0.1) is 0 Å². The Hall–Kier alpha value is -2.72. The Labute approximate surface area is 212 Å². The molecule has 180 valence electrons. The van der Waals surface area contributed by atoms with Gasteiger partial charge in [-0.05, 0) is 63.9 Å². The van der Waals surface area contributed by atoms with Crippen LogP contribution >= 0.6 is 23.2 Å². The highest BCUT2D eigenvalue weighted by atomic mass is 35.5. The van der Waals surface area contributed by atoms with Crippen molar-refractivity contribution in [2.24, 2.45) is 5.10 Å². The maximum atomic E-state index is 14.0. The molecule has 3 aromatic heterocycles. The number of halogens is 3. The molecule has 1 aliphatic heterocycles. The summed E-state index contributed by atoms with van der Waals surface area (Å²) in [6.07, 6.45) is 9.38. The van der Waals surface area contributed by atoms with Gasteiger partial charge >= 0.3 is 7.05 Å². The average Bonchev–Trinajstić information content (AvgIpc) is 3.49. The third-order valence-corrected chi connectivity index (χ3v) is 7.20. The van der Waals surface area contributed by atoms with Crippen molar-refractivity contribution < 1.29 is 9.41 Å². The Kier molecular flexibility index (Phi) is 6.68. The molecule has 4 heterocycles. The lowest BCUT2D eigenvalue weighted by atomic mass is 9.82. The van der Waals surface area contributed by atoms with Crippen LogP contribution in [0.1, 0.15) is 31.4 Å². The van der Waals surface area contributed by atoms with E-state index in [1.54, 1.807) is 24.6 Å². The molecule has 0 amide bonds. The van der Waals surface area contributed by atoms with Crippen LogP contribution in [-0.4, -0.2) is 55.1 Å². The van der Waals surface area contributed by atoms with Crippen LogP contribution in [0.2, 0.25) is 16.9 Å². The number of pyridine rings is 1. The topological polar surface area (TPSA) is 71.5 Å². The standard InChI is InChI=1S/C24H24BCl2FN6O/c1-15(23-19(26)3-4-20(28)24(23)27)31-33-10-7-21-22(33)11-16(12-29-21)17-13-30-34(14-17)18-5-8-32(9-6-18)25(2)35/h3-4,7,10-14,18,35H,5-6,8-9H2,1-2H3/b31-15+. The molecule has 0 bridgehead atoms. The fourth-order valence-corrected chi connectivity index (χ4v) is 5.17. The lowest BCUT2D eigenvalue weighted by Crippen LogP contribution is -2.43. The summed E-state index contributed by atoms with van der Waals surface area (Å²) in [4.78, 5) is 6.65. The second-order valence-corrected chi connectivity index (χ2v) is 9.59. The molecule has 1 saturated heterocycles. The molecular formula is C24H24BCl2FN6O. The van der Waals surface area contributed by atoms with E-state index in [9.17, 15) is 9.41 Å². The minimum atomic E-state index is -0.546. The van der Waals surface area contributed by atoms with Crippen LogP contribution in [0.25, 0.3) is 22.2 Å². The number of rotatable bonds is 5. The molecule has 0 unspecified atom stereocenters. The van der Waals surface area contributed by atoms with Gasteiger partial charge < -0.3 is 9.83 Å². The fraction of sp³-hybridized carbons (Fsp3) is 0.292. The summed E-state index contributed by atoms with van der Waals surface area (Å²) < 4.78 is 17.7. The third-order valence-electron chi connectivity index (χ3n) is 6.52. The van der Waals surface area contributed by atoms with Crippen molar-refractivity contribution in [2.45, 2.75) is 32.6 Å². The van der Waals surface area contributed by atoms with Crippen molar-refractivity contribution in [1.82, 2.24) is 24.3 Å². The normalized spacial score (nSPS) is 15.8. The highest BCUT2D eigenvalue weighted by Gasteiger charge is 2.25. The SMILES string of the molecule is CB(O)N1CCC(n2cc(-c3cnc4ccn(/N=C(\C)c5c(Cl)ccc(F)c5Cl)c4c3)cn2)CC1. The van der Waals surface area contributed by atoms with Gasteiger partial charge in [0.2, 0.25) is 0 Å². The molecule has 0 saturated carbocycles. The monoisotopic (exact) mass is 512 g/mol. The van der Waals surface area contributed by atoms with Gasteiger partial charge in [0.05, 0.1) is 39.0 Å². The number of fused-ring (bicyclic) bond motifs is 1. The number of nitrogens with zero attached hydrogens (tertiary/aromatic N) is 6. The van der Waals surface area contributed by atoms with Gasteiger partial charge in [-0.1, -0.05) is 23.2 Å². The van der Waals surface area contributed by atoms with Crippen molar-refractivity contribution in [3.8, 4) is 11.1 Å². The van der Waals surface area contributed by atoms with Crippen molar-refractivity contribution in [3.05, 3.63) is 70.5 Å². The zero-order valence-corrected chi connectivity index (χ0v) is 20.9. The summed E-state index contributed by atoms with van der Waals surface area (Å²) in [7, 11) is -0.419. The first-order valence-electron chi connectivity index (χ1n) is 11.4. The summed E-state index contributed by atoms with van der Waals surface area (Å²) in [6, 6.07) is 6.87. The minimum absolute atomic E-state index is 0.0549. The van der Waals surface area contributed by atoms with Gasteiger partial charge in [0.15, 0.2) is 0 Å². The fourth-order valence-electron chi connectivity index (χ4n) is 4.52. The van der Waals surface area contributed by atoms with Gasteiger partial charge in [-0.3, -0.25) is 9.67 Å². The van der Waals surface area contributed by atoms with Gasteiger partial charge in [0.1, 0.15) is 5.82 Å². The van der Waals surface area contributed by atoms with Crippen molar-refractivity contribution >= 4 is 47.0 Å². The largest absolute Gasteiger partial charge is 0.437 e. The highest BCUT2D eigenvalue weighted by molar-refractivity contribution is 6.45. The first-order valence-corrected chi connectivity index (χ1v) is 12.2. The van der Waals surface area contributed by atoms with E-state index in [0.29, 0.717) is 22.3 Å². The summed E-state index contributed by atoms with van der Waals surface area (Å²) in [5.74, 6) is -0.546. The molecule has 0 atom stereocenters. The van der Waals surface area contributed by atoms with E-state index in [1.807, 2.05) is 35.4 Å². The molecule has 5 rings (SSSR count). The number of piperidine rings is 1. The van der Waals surface area contributed by atoms with Crippen molar-refractivity contribution in [1.29, 1.82) is 0 Å². The van der Waals surface area contributed by atoms with Gasteiger partial charge in [0.25, 0.3) is 0 Å². The predicted octanol–water partition coefficient (Wildman–Crippen LogP) is 5.37. The first-order chi connectivity index (χ1) is 16.8. The van der Waals surface area contributed by atoms with Crippen molar-refractivity contribution in [2.75, 3.05) is 13.1 Å². The lowest BCUT2D eigenvalue weighted by molar-refractivity contribution is 0.241. The Morgan fingerprint density at radius 2 is 1.94 bits per heavy atom. The average molecular weight is 513 g/mol. The summed E-state index contributed by atoms with van der Waals surface area (Å²) >= 11 is 12.4. The predicted molar refractivity (Wildman–Crippen MR) is 139 cm³/mol. The maximum absolute atomic E-state index is 14.0. The molecule has 1 fully saturated rings. The number of hydrogen-bond donors (Lipinski definition) is 1. The molecular weight excluding hydrogens is 489 g/mol. The maximum Gasteiger partial charge on any atom is 0.376 e. The zero-order valence-electron chi connectivity index (χ0n) is 19.4. The molecule has 0 aliphatic carbocycles. The summed E-state index contributed by atoms with van der Waals surface area (Å²) in [6.45, 7) is 5.23. The quantitative estimate of drug-likeness (QED) is 0.222. The molecule has 35 heavy (non-hydrogen) atoms. The molecule has 11 heteroatoms. The molecule has 0 radical (unpaired) electrons. The van der Waals surface area contributed by atoms with E-state index in [-0.39, 0.29) is 5.02 Å². The number of benzene rings is 1. The number of hydrogen-bond acceptors (Lipinski definition) is 5. The van der Waals surface area contributed by atoms with E-state index in [2.05, 4.69) is 20.0 Å². The number of aromatic nitrogens is 4. The molecule has 7 nitrogen and oxygen atoms in total. The minimum Gasteiger partial charge on any atom is -0.437 e. The van der Waals surface area contributed by atoms with Gasteiger partial charge in [0, 0.05) is 35.3 Å². The van der Waals surface area contributed by atoms with Crippen LogP contribution in [0, 0.1) is 5.82 Å². The third kappa shape index (κ3) is 4.73. The van der Waals surface area contributed by atoms with Crippen LogP contribution in [0.15, 0.2) is 54.2 Å². The van der Waals surface area contributed by atoms with Crippen LogP contribution < -0.4 is 0 Å². The van der Waals surface area contributed by atoms with E-state index in [4.69, 9.17) is 23.2 Å². The second kappa shape index (κ2) is 9.74. The van der Waals surface area contributed by atoms with E-state index >= 15 is 0 Å². The Balaban J connectivity index is 1.43. The molecule has 1 aromatic carbocycles. The molecule has 1 aliphatic rings. The molecule has 4 aromatic rings. The first kappa shape index (κ1) is 24.0. The van der Waals surface area contributed by atoms with Gasteiger partial charge in [-0.25, -0.2) is 9.07 Å². The van der Waals surface area contributed by atoms with Gasteiger partial charge in [-0.2, -0.15) is 10.2 Å². The van der Waals surface area contributed by atoms with E-state index in [0.717, 1.165) is 48.1 Å². The van der Waals surface area contributed by atoms with E-state index < -0.39 is 12.9 Å². The summed E-state index contributed by atoms with van der Waals surface area (Å²) in [5, 5.41) is 19.3. The zero-order chi connectivity index (χ0) is 24.7. The Bertz CT molecular complexity index is 1410. The van der Waals surface area contributed by atoms with Crippen LogP contribution in [0.3, 0.4) is 0 Å². The molecule has 1 N–H and O–H groups in total. The van der Waals surface area contributed by atoms with E-state index in [1.165, 1.54) is 12.1 Å². The van der Waals surface area contributed by atoms with Crippen LogP contribution in [0.5, 0.6) is 0 Å². The lowest BCUT2D eigenvalue weighted by Gasteiger charge is -2.32. The van der Waals surface area contributed by atoms with Crippen LogP contribution in [-0.2, 0) is 0 Å². The van der Waals surface area contributed by atoms with Crippen molar-refractivity contribution in [3.63, 3.8) is 0 Å². The summed E-state index contributed by atoms with van der Waals surface area (Å²) in [5.41, 5.74) is 4.30. The smallest absolute Gasteiger partial charge is 0.376 e. The Morgan fingerprint density at radius 1 is 1.17 bits per heavy atom. The van der Waals surface area contributed by atoms with Crippen LogP contribution in [0.4, 0.5) is 4.39 Å². The molecule has 0 spiro atoms. The Morgan fingerprint density at radius 3 is 2.69 bits per heavy atom. The second-order valence-electron chi connectivity index (χ2n) is 8.80.